The molecule has 0 atom stereocenters. The molecule has 4 N–H and O–H groups in total. The van der Waals surface area contributed by atoms with E-state index < -0.39 is 0 Å². The second kappa shape index (κ2) is 5.50. The molecular weight excluding hydrogens is 142 g/mol. The highest BCUT2D eigenvalue weighted by atomic mass is 35.5. The average molecular weight is 150 g/mol. The van der Waals surface area contributed by atoms with E-state index in [1.165, 1.54) is 0 Å². The first-order valence-electron chi connectivity index (χ1n) is 1.96. The van der Waals surface area contributed by atoms with Gasteiger partial charge in [-0.2, -0.15) is 0 Å². The fraction of sp³-hybridized carbons (Fsp3) is 0. The molecule has 1 aromatic heterocycles. The van der Waals surface area contributed by atoms with Crippen molar-refractivity contribution in [3.8, 4) is 0 Å². The van der Waals surface area contributed by atoms with E-state index in [9.17, 15) is 0 Å². The Morgan fingerprint density at radius 2 is 1.89 bits per heavy atom. The van der Waals surface area contributed by atoms with E-state index >= 15 is 0 Å². The molecule has 0 amide bonds. The lowest BCUT2D eigenvalue weighted by molar-refractivity contribution is 0.823. The van der Waals surface area contributed by atoms with Crippen molar-refractivity contribution >= 4 is 11.6 Å². The molecule has 4 heteroatoms. The monoisotopic (exact) mass is 149 g/mol. The summed E-state index contributed by atoms with van der Waals surface area (Å²) >= 11 is 5.43. The third-order valence-corrected chi connectivity index (χ3v) is 0.852. The van der Waals surface area contributed by atoms with Crippen LogP contribution in [0.25, 0.3) is 0 Å². The minimum Gasteiger partial charge on any atom is -0.412 e. The van der Waals surface area contributed by atoms with E-state index in [0.29, 0.717) is 5.15 Å². The first-order chi connectivity index (χ1) is 3.39. The summed E-state index contributed by atoms with van der Waals surface area (Å²) in [6.07, 6.45) is 1.66. The van der Waals surface area contributed by atoms with Crippen LogP contribution in [0.4, 0.5) is 0 Å². The Hall–Kier alpha value is -0.640. The molecule has 0 aliphatic heterocycles. The average Bonchev–Trinajstić information content (AvgIpc) is 1.69. The van der Waals surface area contributed by atoms with Crippen molar-refractivity contribution < 1.29 is 11.0 Å². The Morgan fingerprint density at radius 1 is 1.22 bits per heavy atom. The summed E-state index contributed by atoms with van der Waals surface area (Å²) in [7, 11) is 0. The van der Waals surface area contributed by atoms with E-state index in [0.717, 1.165) is 0 Å². The minimum atomic E-state index is 0. The Morgan fingerprint density at radius 3 is 2.11 bits per heavy atom. The van der Waals surface area contributed by atoms with E-state index in [1.807, 2.05) is 12.1 Å². The zero-order chi connectivity index (χ0) is 5.11. The molecule has 0 saturated heterocycles. The number of nitrogens with zero attached hydrogens (tertiary/aromatic N) is 1. The summed E-state index contributed by atoms with van der Waals surface area (Å²) in [4.78, 5) is 3.74. The Kier molecular flexibility index (Phi) is 6.84. The fourth-order valence-corrected chi connectivity index (χ4v) is 0.471. The molecule has 1 aromatic rings. The van der Waals surface area contributed by atoms with Gasteiger partial charge in [0.1, 0.15) is 5.15 Å². The van der Waals surface area contributed by atoms with Crippen molar-refractivity contribution in [2.75, 3.05) is 0 Å². The first-order valence-corrected chi connectivity index (χ1v) is 2.34. The van der Waals surface area contributed by atoms with Gasteiger partial charge < -0.3 is 11.0 Å². The zero-order valence-corrected chi connectivity index (χ0v) is 5.39. The lowest BCUT2D eigenvalue weighted by Crippen LogP contribution is -1.65. The van der Waals surface area contributed by atoms with Gasteiger partial charge in [-0.25, -0.2) is 4.98 Å². The number of hydrogen-bond acceptors (Lipinski definition) is 1. The predicted octanol–water partition coefficient (Wildman–Crippen LogP) is 0.0856. The molecule has 3 nitrogen and oxygen atoms in total. The topological polar surface area (TPSA) is 75.9 Å². The number of halogens is 1. The van der Waals surface area contributed by atoms with Gasteiger partial charge >= 0.3 is 0 Å². The molecule has 0 radical (unpaired) electrons. The molecule has 0 fully saturated rings. The van der Waals surface area contributed by atoms with Gasteiger partial charge in [-0.1, -0.05) is 17.7 Å². The van der Waals surface area contributed by atoms with Gasteiger partial charge in [-0.3, -0.25) is 0 Å². The number of rotatable bonds is 0. The van der Waals surface area contributed by atoms with Crippen LogP contribution in [-0.4, -0.2) is 15.9 Å². The summed E-state index contributed by atoms with van der Waals surface area (Å²) in [5, 5.41) is 0.544. The number of aromatic nitrogens is 1. The van der Waals surface area contributed by atoms with E-state index in [-0.39, 0.29) is 11.0 Å². The van der Waals surface area contributed by atoms with Crippen molar-refractivity contribution in [1.82, 2.24) is 4.98 Å². The maximum absolute atomic E-state index is 5.43. The third kappa shape index (κ3) is 3.90. The highest BCUT2D eigenvalue weighted by Crippen LogP contribution is 1.98. The van der Waals surface area contributed by atoms with Crippen molar-refractivity contribution in [3.63, 3.8) is 0 Å². The van der Waals surface area contributed by atoms with Gasteiger partial charge in [-0.05, 0) is 12.1 Å². The summed E-state index contributed by atoms with van der Waals surface area (Å²) in [5.41, 5.74) is 0. The maximum Gasteiger partial charge on any atom is 0.129 e. The van der Waals surface area contributed by atoms with E-state index in [2.05, 4.69) is 4.98 Å². The van der Waals surface area contributed by atoms with Crippen LogP contribution in [0.3, 0.4) is 0 Å². The molecule has 0 aliphatic carbocycles. The lowest BCUT2D eigenvalue weighted by Gasteiger charge is -1.79. The molecule has 1 heterocycles. The van der Waals surface area contributed by atoms with Gasteiger partial charge in [0, 0.05) is 6.20 Å². The summed E-state index contributed by atoms with van der Waals surface area (Å²) in [5.74, 6) is 0. The number of hydrogen-bond donors (Lipinski definition) is 0. The van der Waals surface area contributed by atoms with Crippen LogP contribution in [0.2, 0.25) is 5.15 Å². The second-order valence-electron chi connectivity index (χ2n) is 1.15. The smallest absolute Gasteiger partial charge is 0.129 e. The molecule has 1 rings (SSSR count). The largest absolute Gasteiger partial charge is 0.412 e. The minimum absolute atomic E-state index is 0. The van der Waals surface area contributed by atoms with Crippen molar-refractivity contribution in [2.45, 2.75) is 0 Å². The highest BCUT2D eigenvalue weighted by molar-refractivity contribution is 6.29. The molecule has 0 bridgehead atoms. The fourth-order valence-electron chi connectivity index (χ4n) is 0.342. The van der Waals surface area contributed by atoms with Crippen molar-refractivity contribution in [1.29, 1.82) is 0 Å². The molecule has 52 valence electrons. The normalized spacial score (nSPS) is 6.78. The van der Waals surface area contributed by atoms with Gasteiger partial charge in [-0.15, -0.1) is 0 Å². The van der Waals surface area contributed by atoms with Crippen LogP contribution in [0.15, 0.2) is 24.4 Å². The third-order valence-electron chi connectivity index (χ3n) is 0.629. The first kappa shape index (κ1) is 11.2. The van der Waals surface area contributed by atoms with Gasteiger partial charge in [0.05, 0.1) is 0 Å². The molecule has 9 heavy (non-hydrogen) atoms. The Labute approximate surface area is 57.9 Å². The zero-order valence-electron chi connectivity index (χ0n) is 4.63. The van der Waals surface area contributed by atoms with Crippen molar-refractivity contribution in [2.24, 2.45) is 0 Å². The van der Waals surface area contributed by atoms with Crippen LogP contribution in [0, 0.1) is 0 Å². The van der Waals surface area contributed by atoms with Gasteiger partial charge in [0.15, 0.2) is 0 Å². The molecule has 0 unspecified atom stereocenters. The van der Waals surface area contributed by atoms with Crippen LogP contribution in [-0.2, 0) is 0 Å². The highest BCUT2D eigenvalue weighted by Gasteiger charge is 1.76. The SMILES string of the molecule is Clc1ccccn1.O.O. The molecule has 0 aliphatic rings. The number of pyridine rings is 1. The molecular formula is C5H8ClNO2. The van der Waals surface area contributed by atoms with E-state index in [1.54, 1.807) is 12.3 Å². The quantitative estimate of drug-likeness (QED) is 0.482. The summed E-state index contributed by atoms with van der Waals surface area (Å²) in [6.45, 7) is 0. The van der Waals surface area contributed by atoms with Crippen LogP contribution >= 0.6 is 11.6 Å². The standard InChI is InChI=1S/C5H4ClN.2H2O/c6-5-3-1-2-4-7-5;;/h1-4H;2*1H2. The van der Waals surface area contributed by atoms with Crippen LogP contribution < -0.4 is 0 Å². The van der Waals surface area contributed by atoms with Crippen LogP contribution in [0.1, 0.15) is 0 Å². The summed E-state index contributed by atoms with van der Waals surface area (Å²) in [6, 6.07) is 5.41. The Balaban J connectivity index is 0. The van der Waals surface area contributed by atoms with Gasteiger partial charge in [0.25, 0.3) is 0 Å². The summed E-state index contributed by atoms with van der Waals surface area (Å²) < 4.78 is 0. The molecule has 0 saturated carbocycles. The lowest BCUT2D eigenvalue weighted by atomic mass is 10.5. The van der Waals surface area contributed by atoms with Gasteiger partial charge in [0.2, 0.25) is 0 Å². The van der Waals surface area contributed by atoms with Crippen LogP contribution in [0.5, 0.6) is 0 Å². The predicted molar refractivity (Wildman–Crippen MR) is 36.5 cm³/mol. The van der Waals surface area contributed by atoms with Crippen molar-refractivity contribution in [3.05, 3.63) is 29.5 Å². The molecule has 0 spiro atoms. The Bertz CT molecular complexity index is 145. The second-order valence-corrected chi connectivity index (χ2v) is 1.54. The van der Waals surface area contributed by atoms with E-state index in [4.69, 9.17) is 11.6 Å². The maximum atomic E-state index is 5.43. The molecule has 0 aromatic carbocycles.